The lowest BCUT2D eigenvalue weighted by molar-refractivity contribution is 0.102. The number of oxazole rings is 1. The van der Waals surface area contributed by atoms with E-state index in [1.807, 2.05) is 48.5 Å². The number of carbonyl (C=O) groups excluding carboxylic acids is 1. The zero-order valence-corrected chi connectivity index (χ0v) is 17.2. The van der Waals surface area contributed by atoms with Crippen molar-refractivity contribution in [2.75, 3.05) is 31.5 Å². The fourth-order valence-corrected chi connectivity index (χ4v) is 3.88. The van der Waals surface area contributed by atoms with E-state index in [0.29, 0.717) is 17.1 Å². The molecule has 0 aliphatic carbocycles. The predicted octanol–water partition coefficient (Wildman–Crippen LogP) is 4.15. The summed E-state index contributed by atoms with van der Waals surface area (Å²) in [4.78, 5) is 19.8. The molecule has 1 saturated heterocycles. The summed E-state index contributed by atoms with van der Waals surface area (Å²) in [6.07, 6.45) is 0. The molecule has 3 aromatic carbocycles. The van der Waals surface area contributed by atoms with Crippen LogP contribution in [0.2, 0.25) is 0 Å². The second-order valence-electron chi connectivity index (χ2n) is 7.71. The Morgan fingerprint density at radius 1 is 1.00 bits per heavy atom. The Bertz CT molecular complexity index is 1200. The molecule has 0 atom stereocenters. The second kappa shape index (κ2) is 8.71. The average molecular weight is 412 g/mol. The first kappa shape index (κ1) is 19.5. The maximum Gasteiger partial charge on any atom is 0.255 e. The van der Waals surface area contributed by atoms with Gasteiger partial charge in [-0.15, -0.1) is 0 Å². The highest BCUT2D eigenvalue weighted by atomic mass is 16.3. The first-order valence-corrected chi connectivity index (χ1v) is 10.5. The van der Waals surface area contributed by atoms with Gasteiger partial charge in [0.2, 0.25) is 5.89 Å². The summed E-state index contributed by atoms with van der Waals surface area (Å²) >= 11 is 0. The maximum atomic E-state index is 12.6. The number of benzene rings is 3. The highest BCUT2D eigenvalue weighted by Gasteiger charge is 2.16. The van der Waals surface area contributed by atoms with Crippen LogP contribution in [0.15, 0.2) is 77.2 Å². The van der Waals surface area contributed by atoms with E-state index in [1.54, 1.807) is 12.1 Å². The minimum Gasteiger partial charge on any atom is -0.436 e. The summed E-state index contributed by atoms with van der Waals surface area (Å²) in [5.41, 5.74) is 4.82. The van der Waals surface area contributed by atoms with E-state index >= 15 is 0 Å². The molecule has 1 aliphatic heterocycles. The van der Waals surface area contributed by atoms with Gasteiger partial charge in [-0.1, -0.05) is 36.4 Å². The normalized spacial score (nSPS) is 14.6. The number of nitrogens with zero attached hydrogens (tertiary/aromatic N) is 2. The Balaban J connectivity index is 1.41. The zero-order valence-electron chi connectivity index (χ0n) is 17.2. The van der Waals surface area contributed by atoms with Crippen LogP contribution < -0.4 is 10.6 Å². The van der Waals surface area contributed by atoms with Crippen molar-refractivity contribution in [1.82, 2.24) is 15.2 Å². The maximum absolute atomic E-state index is 12.6. The molecule has 1 fully saturated rings. The fraction of sp³-hybridized carbons (Fsp3) is 0.200. The fourth-order valence-electron chi connectivity index (χ4n) is 3.88. The molecule has 0 radical (unpaired) electrons. The highest BCUT2D eigenvalue weighted by molar-refractivity contribution is 6.06. The highest BCUT2D eigenvalue weighted by Crippen LogP contribution is 2.31. The van der Waals surface area contributed by atoms with Gasteiger partial charge in [0.1, 0.15) is 5.52 Å². The molecular weight excluding hydrogens is 388 g/mol. The molecule has 0 unspecified atom stereocenters. The van der Waals surface area contributed by atoms with Crippen LogP contribution in [0.4, 0.5) is 5.69 Å². The number of fused-ring (bicyclic) bond motifs is 1. The molecule has 0 saturated carbocycles. The number of piperazine rings is 1. The third-order valence-electron chi connectivity index (χ3n) is 5.51. The molecule has 2 heterocycles. The molecular formula is C25H24N4O2. The van der Waals surface area contributed by atoms with Crippen molar-refractivity contribution >= 4 is 22.7 Å². The van der Waals surface area contributed by atoms with E-state index < -0.39 is 0 Å². The Hall–Kier alpha value is -3.48. The van der Waals surface area contributed by atoms with Crippen LogP contribution in [0.1, 0.15) is 15.9 Å². The lowest BCUT2D eigenvalue weighted by Gasteiger charge is -2.27. The molecule has 156 valence electrons. The van der Waals surface area contributed by atoms with Crippen LogP contribution in [0.5, 0.6) is 0 Å². The summed E-state index contributed by atoms with van der Waals surface area (Å²) in [7, 11) is 0. The van der Waals surface area contributed by atoms with Gasteiger partial charge in [0, 0.05) is 38.3 Å². The van der Waals surface area contributed by atoms with Gasteiger partial charge in [-0.05, 0) is 42.0 Å². The topological polar surface area (TPSA) is 70.4 Å². The number of rotatable bonds is 5. The molecule has 1 aliphatic rings. The lowest BCUT2D eigenvalue weighted by Crippen LogP contribution is -2.42. The number of carbonyl (C=O) groups is 1. The van der Waals surface area contributed by atoms with Crippen molar-refractivity contribution in [1.29, 1.82) is 0 Å². The first-order chi connectivity index (χ1) is 15.3. The van der Waals surface area contributed by atoms with Crippen molar-refractivity contribution < 1.29 is 9.21 Å². The largest absolute Gasteiger partial charge is 0.436 e. The summed E-state index contributed by atoms with van der Waals surface area (Å²) in [6.45, 7) is 5.07. The number of amides is 1. The number of para-hydroxylation sites is 1. The molecule has 6 nitrogen and oxygen atoms in total. The molecule has 2 N–H and O–H groups in total. The molecule has 6 heteroatoms. The van der Waals surface area contributed by atoms with Crippen LogP contribution in [0.25, 0.3) is 22.6 Å². The summed E-state index contributed by atoms with van der Waals surface area (Å²) < 4.78 is 6.04. The van der Waals surface area contributed by atoms with Crippen molar-refractivity contribution in [2.24, 2.45) is 0 Å². The van der Waals surface area contributed by atoms with Crippen LogP contribution in [0.3, 0.4) is 0 Å². The predicted molar refractivity (Wildman–Crippen MR) is 122 cm³/mol. The molecule has 4 aromatic rings. The summed E-state index contributed by atoms with van der Waals surface area (Å²) in [5.74, 6) is 0.334. The van der Waals surface area contributed by atoms with E-state index in [4.69, 9.17) is 9.40 Å². The average Bonchev–Trinajstić information content (AvgIpc) is 3.24. The van der Waals surface area contributed by atoms with Gasteiger partial charge < -0.3 is 15.1 Å². The molecule has 0 spiro atoms. The van der Waals surface area contributed by atoms with Gasteiger partial charge in [-0.25, -0.2) is 4.98 Å². The smallest absolute Gasteiger partial charge is 0.255 e. The molecule has 5 rings (SSSR count). The van der Waals surface area contributed by atoms with Crippen LogP contribution in [-0.4, -0.2) is 42.0 Å². The summed E-state index contributed by atoms with van der Waals surface area (Å²) in [5, 5.41) is 6.37. The Kier molecular flexibility index (Phi) is 5.48. The van der Waals surface area contributed by atoms with Crippen LogP contribution >= 0.6 is 0 Å². The van der Waals surface area contributed by atoms with Crippen molar-refractivity contribution in [3.63, 3.8) is 0 Å². The zero-order chi connectivity index (χ0) is 21.0. The van der Waals surface area contributed by atoms with Gasteiger partial charge >= 0.3 is 0 Å². The quantitative estimate of drug-likeness (QED) is 0.515. The standard InChI is InChI=1S/C25H24N4O2/c30-24(19-6-2-1-3-7-19)27-21-9-5-4-8-20(21)25-28-22-16-18(10-11-23(22)31-25)17-29-14-12-26-13-15-29/h1-11,16,26H,12-15,17H2,(H,27,30). The Morgan fingerprint density at radius 3 is 2.61 bits per heavy atom. The van der Waals surface area contributed by atoms with Crippen LogP contribution in [-0.2, 0) is 6.54 Å². The van der Waals surface area contributed by atoms with Gasteiger partial charge in [0.15, 0.2) is 5.58 Å². The lowest BCUT2D eigenvalue weighted by atomic mass is 10.1. The van der Waals surface area contributed by atoms with Gasteiger partial charge in [0.05, 0.1) is 11.3 Å². The number of anilines is 1. The third-order valence-corrected chi connectivity index (χ3v) is 5.51. The monoisotopic (exact) mass is 412 g/mol. The third kappa shape index (κ3) is 4.35. The molecule has 0 bridgehead atoms. The van der Waals surface area contributed by atoms with E-state index in [1.165, 1.54) is 5.56 Å². The van der Waals surface area contributed by atoms with Crippen molar-refractivity contribution in [3.8, 4) is 11.5 Å². The van der Waals surface area contributed by atoms with Crippen LogP contribution in [0, 0.1) is 0 Å². The first-order valence-electron chi connectivity index (χ1n) is 10.5. The van der Waals surface area contributed by atoms with Gasteiger partial charge in [-0.3, -0.25) is 9.69 Å². The SMILES string of the molecule is O=C(Nc1ccccc1-c1nc2cc(CN3CCNCC3)ccc2o1)c1ccccc1. The van der Waals surface area contributed by atoms with Crippen molar-refractivity contribution in [3.05, 3.63) is 83.9 Å². The number of aromatic nitrogens is 1. The van der Waals surface area contributed by atoms with E-state index in [9.17, 15) is 4.79 Å². The molecule has 31 heavy (non-hydrogen) atoms. The van der Waals surface area contributed by atoms with Gasteiger partial charge in [-0.2, -0.15) is 0 Å². The van der Waals surface area contributed by atoms with E-state index in [0.717, 1.165) is 49.4 Å². The number of hydrogen-bond acceptors (Lipinski definition) is 5. The minimum atomic E-state index is -0.164. The Morgan fingerprint density at radius 2 is 1.77 bits per heavy atom. The Labute approximate surface area is 180 Å². The molecule has 1 aromatic heterocycles. The minimum absolute atomic E-state index is 0.164. The van der Waals surface area contributed by atoms with E-state index in [2.05, 4.69) is 27.7 Å². The number of hydrogen-bond donors (Lipinski definition) is 2. The number of nitrogens with one attached hydrogen (secondary N) is 2. The molecule has 1 amide bonds. The summed E-state index contributed by atoms with van der Waals surface area (Å²) in [6, 6.07) is 22.9. The van der Waals surface area contributed by atoms with E-state index in [-0.39, 0.29) is 5.91 Å². The van der Waals surface area contributed by atoms with Gasteiger partial charge in [0.25, 0.3) is 5.91 Å². The van der Waals surface area contributed by atoms with Crippen molar-refractivity contribution in [2.45, 2.75) is 6.54 Å². The second-order valence-corrected chi connectivity index (χ2v) is 7.71.